The minimum atomic E-state index is -2.23. The summed E-state index contributed by atoms with van der Waals surface area (Å²) in [5.41, 5.74) is 1.64. The van der Waals surface area contributed by atoms with E-state index in [0.717, 1.165) is 11.1 Å². The van der Waals surface area contributed by atoms with E-state index in [2.05, 4.69) is 39.2 Å². The van der Waals surface area contributed by atoms with Crippen LogP contribution in [0.2, 0.25) is 18.1 Å². The Morgan fingerprint density at radius 1 is 1.02 bits per heavy atom. The lowest BCUT2D eigenvalue weighted by molar-refractivity contribution is -0.246. The van der Waals surface area contributed by atoms with Gasteiger partial charge < -0.3 is 33.4 Å². The molecule has 3 rings (SSSR count). The third-order valence-corrected chi connectivity index (χ3v) is 12.0. The van der Waals surface area contributed by atoms with Crippen molar-refractivity contribution in [2.24, 2.45) is 0 Å². The van der Waals surface area contributed by atoms with Gasteiger partial charge in [0.05, 0.1) is 32.5 Å². The number of hydrogen-bond acceptors (Lipinski definition) is 9. The lowest BCUT2D eigenvalue weighted by Gasteiger charge is -2.40. The normalized spacial score (nSPS) is 20.0. The number of esters is 1. The molecule has 4 atom stereocenters. The number of nitrogens with one attached hydrogen (secondary N) is 1. The van der Waals surface area contributed by atoms with Gasteiger partial charge in [0.1, 0.15) is 12.4 Å². The van der Waals surface area contributed by atoms with Gasteiger partial charge in [0, 0.05) is 13.3 Å². The second kappa shape index (κ2) is 14.8. The van der Waals surface area contributed by atoms with Crippen LogP contribution < -0.4 is 10.1 Å². The molecule has 0 aromatic heterocycles. The molecule has 1 heterocycles. The maximum atomic E-state index is 13.3. The molecule has 2 aromatic rings. The van der Waals surface area contributed by atoms with Crippen molar-refractivity contribution in [3.63, 3.8) is 0 Å². The monoisotopic (exact) mass is 601 g/mol. The van der Waals surface area contributed by atoms with Gasteiger partial charge in [-0.1, -0.05) is 63.2 Å². The van der Waals surface area contributed by atoms with Gasteiger partial charge in [0.2, 0.25) is 12.4 Å². The molecule has 0 spiro atoms. The predicted molar refractivity (Wildman–Crippen MR) is 158 cm³/mol. The van der Waals surface area contributed by atoms with Crippen molar-refractivity contribution in [3.05, 3.63) is 65.7 Å². The first-order valence-corrected chi connectivity index (χ1v) is 16.9. The maximum Gasteiger partial charge on any atom is 0.407 e. The standard InChI is InChI=1S/C31H43NO9Si/c1-21(33)40-28-26(34)17-27(41-29(28)37-18-23-13-15-24(36-5)16-14-23)25(20-39-42(6,7)31(2,3)4)32-30(35)38-19-22-11-9-8-10-12-22/h8-16,25,27-29H,17-20H2,1-7H3,(H,32,35)/t25-,27-,28-,29-/m1/s1. The number of rotatable bonds is 12. The van der Waals surface area contributed by atoms with E-state index in [1.165, 1.54) is 6.92 Å². The van der Waals surface area contributed by atoms with E-state index in [-0.39, 0.29) is 37.1 Å². The lowest BCUT2D eigenvalue weighted by atomic mass is 9.98. The average molecular weight is 602 g/mol. The van der Waals surface area contributed by atoms with E-state index < -0.39 is 44.9 Å². The van der Waals surface area contributed by atoms with Crippen molar-refractivity contribution in [2.75, 3.05) is 13.7 Å². The number of Topliss-reactive ketones (excluding diaryl/α,β-unsaturated/α-hetero) is 1. The molecule has 1 N–H and O–H groups in total. The van der Waals surface area contributed by atoms with Crippen LogP contribution in [0.25, 0.3) is 0 Å². The van der Waals surface area contributed by atoms with Crippen molar-refractivity contribution in [2.45, 2.75) is 90.0 Å². The van der Waals surface area contributed by atoms with Crippen LogP contribution in [0.5, 0.6) is 5.75 Å². The minimum absolute atomic E-state index is 0.0784. The Balaban J connectivity index is 1.78. The average Bonchev–Trinajstić information content (AvgIpc) is 2.94. The Morgan fingerprint density at radius 2 is 1.67 bits per heavy atom. The Labute approximate surface area is 249 Å². The summed E-state index contributed by atoms with van der Waals surface area (Å²) in [6, 6.07) is 15.8. The number of amides is 1. The van der Waals surface area contributed by atoms with E-state index in [1.807, 2.05) is 42.5 Å². The quantitative estimate of drug-likeness (QED) is 0.260. The van der Waals surface area contributed by atoms with Crippen LogP contribution in [0.15, 0.2) is 54.6 Å². The molecule has 2 aromatic carbocycles. The SMILES string of the molecule is COc1ccc(CO[C@@H]2O[C@@H]([C@@H](CO[Si](C)(C)C(C)(C)C)NC(=O)OCc3ccccc3)CC(=O)[C@H]2OC(C)=O)cc1. The first-order chi connectivity index (χ1) is 19.8. The largest absolute Gasteiger partial charge is 0.497 e. The van der Waals surface area contributed by atoms with Gasteiger partial charge in [-0.3, -0.25) is 9.59 Å². The fourth-order valence-corrected chi connectivity index (χ4v) is 5.02. The second-order valence-electron chi connectivity index (χ2n) is 11.8. The van der Waals surface area contributed by atoms with Crippen molar-refractivity contribution in [1.29, 1.82) is 0 Å². The van der Waals surface area contributed by atoms with Gasteiger partial charge in [0.15, 0.2) is 14.1 Å². The molecule has 1 aliphatic heterocycles. The van der Waals surface area contributed by atoms with Gasteiger partial charge in [-0.15, -0.1) is 0 Å². The number of alkyl carbamates (subject to hydrolysis) is 1. The molecular weight excluding hydrogens is 558 g/mol. The van der Waals surface area contributed by atoms with Gasteiger partial charge in [-0.2, -0.15) is 0 Å². The first kappa shape index (κ1) is 33.3. The topological polar surface area (TPSA) is 119 Å². The number of benzene rings is 2. The van der Waals surface area contributed by atoms with Crippen LogP contribution in [0.3, 0.4) is 0 Å². The molecule has 1 aliphatic rings. The summed E-state index contributed by atoms with van der Waals surface area (Å²) in [6.07, 6.45) is -4.05. The summed E-state index contributed by atoms with van der Waals surface area (Å²) >= 11 is 0. The van der Waals surface area contributed by atoms with Crippen LogP contribution in [-0.4, -0.2) is 64.4 Å². The summed E-state index contributed by atoms with van der Waals surface area (Å²) in [5, 5.41) is 2.76. The van der Waals surface area contributed by atoms with Gasteiger partial charge in [-0.25, -0.2) is 4.79 Å². The molecule has 11 heteroatoms. The first-order valence-electron chi connectivity index (χ1n) is 14.0. The zero-order valence-corrected chi connectivity index (χ0v) is 26.5. The highest BCUT2D eigenvalue weighted by Crippen LogP contribution is 2.37. The Bertz CT molecular complexity index is 1180. The summed E-state index contributed by atoms with van der Waals surface area (Å²) in [4.78, 5) is 38.0. The van der Waals surface area contributed by atoms with Crippen molar-refractivity contribution >= 4 is 26.2 Å². The van der Waals surface area contributed by atoms with E-state index in [1.54, 1.807) is 19.2 Å². The van der Waals surface area contributed by atoms with E-state index in [4.69, 9.17) is 28.1 Å². The number of hydrogen-bond donors (Lipinski definition) is 1. The Morgan fingerprint density at radius 3 is 2.26 bits per heavy atom. The van der Waals surface area contributed by atoms with Gasteiger partial charge >= 0.3 is 12.1 Å². The molecule has 10 nitrogen and oxygen atoms in total. The molecule has 230 valence electrons. The van der Waals surface area contributed by atoms with Crippen LogP contribution in [0.4, 0.5) is 4.79 Å². The molecule has 0 aliphatic carbocycles. The zero-order valence-electron chi connectivity index (χ0n) is 25.5. The molecule has 0 radical (unpaired) electrons. The Hall–Kier alpha value is -3.25. The summed E-state index contributed by atoms with van der Waals surface area (Å²) in [5.74, 6) is -0.317. The fraction of sp³-hybridized carbons (Fsp3) is 0.516. The Kier molecular flexibility index (Phi) is 11.7. The molecule has 0 unspecified atom stereocenters. The smallest absolute Gasteiger partial charge is 0.407 e. The fourth-order valence-electron chi connectivity index (χ4n) is 3.99. The molecule has 42 heavy (non-hydrogen) atoms. The van der Waals surface area contributed by atoms with Crippen molar-refractivity contribution in [3.8, 4) is 5.75 Å². The predicted octanol–water partition coefficient (Wildman–Crippen LogP) is 5.14. The summed E-state index contributed by atoms with van der Waals surface area (Å²) in [7, 11) is -0.656. The van der Waals surface area contributed by atoms with Crippen LogP contribution in [-0.2, 0) is 46.2 Å². The lowest BCUT2D eigenvalue weighted by Crippen LogP contribution is -2.58. The number of ether oxygens (including phenoxy) is 5. The third-order valence-electron chi connectivity index (χ3n) is 7.54. The third kappa shape index (κ3) is 9.65. The van der Waals surface area contributed by atoms with Crippen molar-refractivity contribution < 1.29 is 42.5 Å². The highest BCUT2D eigenvalue weighted by molar-refractivity contribution is 6.74. The van der Waals surface area contributed by atoms with Crippen LogP contribution >= 0.6 is 0 Å². The summed E-state index contributed by atoms with van der Waals surface area (Å²) in [6.45, 7) is 12.0. The number of carbonyl (C=O) groups excluding carboxylic acids is 3. The number of methoxy groups -OCH3 is 1. The molecule has 1 saturated heterocycles. The second-order valence-corrected chi connectivity index (χ2v) is 16.6. The number of ketones is 1. The van der Waals surface area contributed by atoms with Crippen molar-refractivity contribution in [1.82, 2.24) is 5.32 Å². The zero-order chi connectivity index (χ0) is 30.9. The molecular formula is C31H43NO9Si. The van der Waals surface area contributed by atoms with E-state index in [9.17, 15) is 14.4 Å². The molecule has 0 saturated carbocycles. The molecule has 0 bridgehead atoms. The minimum Gasteiger partial charge on any atom is -0.497 e. The highest BCUT2D eigenvalue weighted by atomic mass is 28.4. The van der Waals surface area contributed by atoms with E-state index in [0.29, 0.717) is 5.75 Å². The molecule has 1 fully saturated rings. The van der Waals surface area contributed by atoms with Crippen LogP contribution in [0.1, 0.15) is 45.2 Å². The summed E-state index contributed by atoms with van der Waals surface area (Å²) < 4.78 is 34.6. The van der Waals surface area contributed by atoms with Gasteiger partial charge in [0.25, 0.3) is 0 Å². The van der Waals surface area contributed by atoms with Crippen LogP contribution in [0, 0.1) is 0 Å². The maximum absolute atomic E-state index is 13.3. The van der Waals surface area contributed by atoms with Gasteiger partial charge in [-0.05, 0) is 41.4 Å². The number of carbonyl (C=O) groups is 3. The molecule has 1 amide bonds. The highest BCUT2D eigenvalue weighted by Gasteiger charge is 2.45. The van der Waals surface area contributed by atoms with E-state index >= 15 is 0 Å².